The monoisotopic (exact) mass is 186 g/mol. The molecule has 1 rings (SSSR count). The van der Waals surface area contributed by atoms with Crippen LogP contribution in [0.4, 0.5) is 4.39 Å². The summed E-state index contributed by atoms with van der Waals surface area (Å²) in [7, 11) is 1.56. The van der Waals surface area contributed by atoms with Crippen LogP contribution < -0.4 is 0 Å². The van der Waals surface area contributed by atoms with E-state index in [2.05, 4.69) is 0 Å². The number of hydrogen-bond acceptors (Lipinski definition) is 2. The van der Waals surface area contributed by atoms with Crippen LogP contribution in [-0.2, 0) is 9.47 Å². The molecule has 1 unspecified atom stereocenters. The van der Waals surface area contributed by atoms with Gasteiger partial charge in [-0.15, -0.1) is 0 Å². The van der Waals surface area contributed by atoms with E-state index >= 15 is 0 Å². The minimum Gasteiger partial charge on any atom is -0.359 e. The standard InChI is InChI=1S/C10H15FO2/c1-3-10(13-8-12-2)6-4-5-9(11)7-10/h4-6H,3,7-8H2,1-2H3. The number of methoxy groups -OCH3 is 1. The van der Waals surface area contributed by atoms with Gasteiger partial charge in [-0.25, -0.2) is 4.39 Å². The van der Waals surface area contributed by atoms with Gasteiger partial charge in [0.1, 0.15) is 12.6 Å². The SMILES string of the molecule is CCC1(OCOC)C=CC=C(F)C1. The molecule has 0 radical (unpaired) electrons. The van der Waals surface area contributed by atoms with Crippen molar-refractivity contribution in [1.29, 1.82) is 0 Å². The van der Waals surface area contributed by atoms with Crippen LogP contribution in [-0.4, -0.2) is 19.5 Å². The molecule has 0 bridgehead atoms. The van der Waals surface area contributed by atoms with Crippen LogP contribution in [0.3, 0.4) is 0 Å². The molecule has 74 valence electrons. The third-order valence-electron chi connectivity index (χ3n) is 2.21. The van der Waals surface area contributed by atoms with E-state index in [4.69, 9.17) is 9.47 Å². The third kappa shape index (κ3) is 2.64. The highest BCUT2D eigenvalue weighted by Crippen LogP contribution is 2.30. The molecular formula is C10H15FO2. The van der Waals surface area contributed by atoms with E-state index in [0.717, 1.165) is 6.42 Å². The molecule has 13 heavy (non-hydrogen) atoms. The van der Waals surface area contributed by atoms with Crippen molar-refractivity contribution < 1.29 is 13.9 Å². The Kier molecular flexibility index (Phi) is 3.63. The van der Waals surface area contributed by atoms with E-state index in [1.807, 2.05) is 13.0 Å². The summed E-state index contributed by atoms with van der Waals surface area (Å²) in [5.41, 5.74) is -0.505. The van der Waals surface area contributed by atoms with E-state index in [1.54, 1.807) is 13.2 Å². The Morgan fingerprint density at radius 1 is 1.62 bits per heavy atom. The average molecular weight is 186 g/mol. The van der Waals surface area contributed by atoms with Gasteiger partial charge >= 0.3 is 0 Å². The fraction of sp³-hybridized carbons (Fsp3) is 0.600. The number of ether oxygens (including phenoxy) is 2. The van der Waals surface area contributed by atoms with Crippen molar-refractivity contribution in [2.45, 2.75) is 25.4 Å². The van der Waals surface area contributed by atoms with Crippen LogP contribution >= 0.6 is 0 Å². The number of rotatable bonds is 4. The van der Waals surface area contributed by atoms with Gasteiger partial charge < -0.3 is 9.47 Å². The Labute approximate surface area is 78.0 Å². The molecule has 0 fully saturated rings. The van der Waals surface area contributed by atoms with Crippen LogP contribution in [0.15, 0.2) is 24.1 Å². The molecule has 0 spiro atoms. The molecule has 0 saturated carbocycles. The average Bonchev–Trinajstić information content (AvgIpc) is 2.15. The molecule has 0 aromatic heterocycles. The molecule has 0 aliphatic heterocycles. The van der Waals surface area contributed by atoms with Crippen molar-refractivity contribution in [3.8, 4) is 0 Å². The zero-order valence-corrected chi connectivity index (χ0v) is 8.05. The highest BCUT2D eigenvalue weighted by molar-refractivity contribution is 5.21. The zero-order chi connectivity index (χ0) is 9.73. The molecule has 1 aliphatic rings. The summed E-state index contributed by atoms with van der Waals surface area (Å²) in [4.78, 5) is 0. The van der Waals surface area contributed by atoms with Gasteiger partial charge in [-0.2, -0.15) is 0 Å². The molecule has 1 atom stereocenters. The Balaban J connectivity index is 2.61. The lowest BCUT2D eigenvalue weighted by Gasteiger charge is -2.30. The third-order valence-corrected chi connectivity index (χ3v) is 2.21. The van der Waals surface area contributed by atoms with E-state index in [0.29, 0.717) is 6.42 Å². The first-order chi connectivity index (χ1) is 6.22. The van der Waals surface area contributed by atoms with Gasteiger partial charge in [0.05, 0.1) is 5.60 Å². The Bertz CT molecular complexity index is 223. The van der Waals surface area contributed by atoms with Crippen LogP contribution in [0.25, 0.3) is 0 Å². The molecule has 0 N–H and O–H groups in total. The number of hydrogen-bond donors (Lipinski definition) is 0. The molecule has 0 aromatic carbocycles. The summed E-state index contributed by atoms with van der Waals surface area (Å²) in [5.74, 6) is -0.138. The summed E-state index contributed by atoms with van der Waals surface area (Å²) >= 11 is 0. The summed E-state index contributed by atoms with van der Waals surface area (Å²) in [6.07, 6.45) is 6.09. The van der Waals surface area contributed by atoms with Gasteiger partial charge in [0, 0.05) is 13.5 Å². The van der Waals surface area contributed by atoms with Gasteiger partial charge in [-0.3, -0.25) is 0 Å². The maximum atomic E-state index is 13.0. The first kappa shape index (κ1) is 10.4. The van der Waals surface area contributed by atoms with E-state index < -0.39 is 5.60 Å². The van der Waals surface area contributed by atoms with E-state index in [1.165, 1.54) is 6.08 Å². The molecule has 2 nitrogen and oxygen atoms in total. The van der Waals surface area contributed by atoms with Gasteiger partial charge in [-0.05, 0) is 12.5 Å². The van der Waals surface area contributed by atoms with Crippen molar-refractivity contribution in [2.75, 3.05) is 13.9 Å². The second-order valence-electron chi connectivity index (χ2n) is 3.12. The Hall–Kier alpha value is -0.670. The van der Waals surface area contributed by atoms with Gasteiger partial charge in [0.2, 0.25) is 0 Å². The van der Waals surface area contributed by atoms with Crippen molar-refractivity contribution in [3.05, 3.63) is 24.1 Å². The summed E-state index contributed by atoms with van der Waals surface area (Å²) in [6.45, 7) is 2.17. The summed E-state index contributed by atoms with van der Waals surface area (Å²) in [5, 5.41) is 0. The fourth-order valence-corrected chi connectivity index (χ4v) is 1.35. The van der Waals surface area contributed by atoms with Crippen LogP contribution in [0.1, 0.15) is 19.8 Å². The lowest BCUT2D eigenvalue weighted by Crippen LogP contribution is -2.31. The topological polar surface area (TPSA) is 18.5 Å². The van der Waals surface area contributed by atoms with E-state index in [-0.39, 0.29) is 12.6 Å². The molecule has 0 aromatic rings. The zero-order valence-electron chi connectivity index (χ0n) is 8.05. The minimum absolute atomic E-state index is 0.138. The van der Waals surface area contributed by atoms with Crippen molar-refractivity contribution in [2.24, 2.45) is 0 Å². The first-order valence-electron chi connectivity index (χ1n) is 4.39. The lowest BCUT2D eigenvalue weighted by molar-refractivity contribution is -0.111. The molecule has 0 saturated heterocycles. The van der Waals surface area contributed by atoms with Crippen molar-refractivity contribution in [3.63, 3.8) is 0 Å². The van der Waals surface area contributed by atoms with Crippen molar-refractivity contribution in [1.82, 2.24) is 0 Å². The van der Waals surface area contributed by atoms with Gasteiger partial charge in [0.15, 0.2) is 0 Å². The number of halogens is 1. The minimum atomic E-state index is -0.505. The summed E-state index contributed by atoms with van der Waals surface area (Å²) in [6, 6.07) is 0. The Morgan fingerprint density at radius 2 is 2.38 bits per heavy atom. The summed E-state index contributed by atoms with van der Waals surface area (Å²) < 4.78 is 23.2. The lowest BCUT2D eigenvalue weighted by atomic mass is 9.92. The van der Waals surface area contributed by atoms with Crippen LogP contribution in [0.5, 0.6) is 0 Å². The van der Waals surface area contributed by atoms with Crippen LogP contribution in [0, 0.1) is 0 Å². The quantitative estimate of drug-likeness (QED) is 0.628. The predicted molar refractivity (Wildman–Crippen MR) is 48.9 cm³/mol. The van der Waals surface area contributed by atoms with E-state index in [9.17, 15) is 4.39 Å². The molecule has 0 amide bonds. The highest BCUT2D eigenvalue weighted by Gasteiger charge is 2.29. The molecule has 1 aliphatic carbocycles. The first-order valence-corrected chi connectivity index (χ1v) is 4.39. The van der Waals surface area contributed by atoms with Crippen LogP contribution in [0.2, 0.25) is 0 Å². The van der Waals surface area contributed by atoms with Gasteiger partial charge in [0.25, 0.3) is 0 Å². The normalized spacial score (nSPS) is 27.5. The second-order valence-corrected chi connectivity index (χ2v) is 3.12. The largest absolute Gasteiger partial charge is 0.359 e. The maximum Gasteiger partial charge on any atom is 0.147 e. The predicted octanol–water partition coefficient (Wildman–Crippen LogP) is 2.57. The Morgan fingerprint density at radius 3 is 2.92 bits per heavy atom. The van der Waals surface area contributed by atoms with Gasteiger partial charge in [-0.1, -0.05) is 19.1 Å². The number of allylic oxidation sites excluding steroid dienone is 2. The van der Waals surface area contributed by atoms with Crippen molar-refractivity contribution >= 4 is 0 Å². The smallest absolute Gasteiger partial charge is 0.147 e. The second kappa shape index (κ2) is 4.53. The molecule has 3 heteroatoms. The fourth-order valence-electron chi connectivity index (χ4n) is 1.35. The molecular weight excluding hydrogens is 171 g/mol. The maximum absolute atomic E-state index is 13.0. The highest BCUT2D eigenvalue weighted by atomic mass is 19.1. The molecule has 0 heterocycles.